The van der Waals surface area contributed by atoms with E-state index in [4.69, 9.17) is 4.74 Å². The van der Waals surface area contributed by atoms with E-state index in [1.165, 1.54) is 0 Å². The Labute approximate surface area is 101 Å². The molecule has 0 bridgehead atoms. The molecule has 0 aliphatic rings. The Morgan fingerprint density at radius 3 is 2.53 bits per heavy atom. The van der Waals surface area contributed by atoms with Gasteiger partial charge in [-0.25, -0.2) is 0 Å². The van der Waals surface area contributed by atoms with E-state index in [0.29, 0.717) is 5.75 Å². The van der Waals surface area contributed by atoms with E-state index >= 15 is 0 Å². The van der Waals surface area contributed by atoms with Crippen LogP contribution in [0.4, 0.5) is 0 Å². The molecule has 0 unspecified atom stereocenters. The van der Waals surface area contributed by atoms with Crippen molar-refractivity contribution < 1.29 is 9.53 Å². The Balaban J connectivity index is 2.42. The fourth-order valence-corrected chi connectivity index (χ4v) is 1.63. The number of hydrogen-bond acceptors (Lipinski definition) is 2. The Hall–Kier alpha value is -1.77. The molecule has 1 aromatic carbocycles. The third-order valence-electron chi connectivity index (χ3n) is 2.64. The maximum absolute atomic E-state index is 11.9. The molecule has 0 atom stereocenters. The van der Waals surface area contributed by atoms with Crippen LogP contribution in [0, 0.1) is 12.3 Å². The zero-order valence-corrected chi connectivity index (χ0v) is 10.6. The molecule has 90 valence electrons. The van der Waals surface area contributed by atoms with Crippen LogP contribution in [0.1, 0.15) is 26.5 Å². The van der Waals surface area contributed by atoms with E-state index in [1.54, 1.807) is 0 Å². The van der Waals surface area contributed by atoms with Crippen molar-refractivity contribution in [2.75, 3.05) is 0 Å². The quantitative estimate of drug-likeness (QED) is 0.764. The summed E-state index contributed by atoms with van der Waals surface area (Å²) >= 11 is 0. The number of benzene rings is 1. The van der Waals surface area contributed by atoms with Crippen molar-refractivity contribution in [3.8, 4) is 5.75 Å². The molecule has 0 amide bonds. The molecular formula is C14H17NO2. The molecule has 1 N–H and O–H groups in total. The number of H-pyrrole nitrogens is 1. The monoisotopic (exact) mass is 231 g/mol. The predicted octanol–water partition coefficient (Wildman–Crippen LogP) is 3.43. The fourth-order valence-electron chi connectivity index (χ4n) is 1.63. The van der Waals surface area contributed by atoms with Gasteiger partial charge in [-0.15, -0.1) is 0 Å². The Morgan fingerprint density at radius 2 is 1.88 bits per heavy atom. The number of carbonyl (C=O) groups is 1. The second-order valence-electron chi connectivity index (χ2n) is 5.26. The van der Waals surface area contributed by atoms with Crippen LogP contribution in [0.25, 0.3) is 10.9 Å². The summed E-state index contributed by atoms with van der Waals surface area (Å²) in [7, 11) is 0. The normalized spacial score (nSPS) is 11.8. The van der Waals surface area contributed by atoms with Gasteiger partial charge in [0.05, 0.1) is 11.1 Å². The maximum atomic E-state index is 11.9. The van der Waals surface area contributed by atoms with Gasteiger partial charge in [0.2, 0.25) is 0 Å². The molecule has 3 nitrogen and oxygen atoms in total. The summed E-state index contributed by atoms with van der Waals surface area (Å²) in [5.74, 6) is 0.422. The summed E-state index contributed by atoms with van der Waals surface area (Å²) in [6.07, 6.45) is 0. The Kier molecular flexibility index (Phi) is 2.69. The largest absolute Gasteiger partial charge is 0.424 e. The van der Waals surface area contributed by atoms with Crippen LogP contribution in [0.15, 0.2) is 24.3 Å². The molecule has 0 aliphatic carbocycles. The van der Waals surface area contributed by atoms with Crippen molar-refractivity contribution in [1.29, 1.82) is 0 Å². The summed E-state index contributed by atoms with van der Waals surface area (Å²) in [6.45, 7) is 7.45. The van der Waals surface area contributed by atoms with Crippen molar-refractivity contribution in [2.24, 2.45) is 5.41 Å². The third kappa shape index (κ3) is 2.18. The lowest BCUT2D eigenvalue weighted by molar-refractivity contribution is -0.142. The van der Waals surface area contributed by atoms with E-state index in [1.807, 2.05) is 52.0 Å². The van der Waals surface area contributed by atoms with Crippen LogP contribution in [0.2, 0.25) is 0 Å². The minimum Gasteiger partial charge on any atom is -0.424 e. The SMILES string of the molecule is Cc1[nH]c2ccccc2c1OC(=O)C(C)(C)C. The number of nitrogens with one attached hydrogen (secondary N) is 1. The minimum atomic E-state index is -0.495. The zero-order valence-electron chi connectivity index (χ0n) is 10.6. The molecule has 0 spiro atoms. The molecule has 2 aromatic rings. The number of para-hydroxylation sites is 1. The molecule has 0 aliphatic heterocycles. The zero-order chi connectivity index (χ0) is 12.6. The second kappa shape index (κ2) is 3.91. The number of hydrogen-bond donors (Lipinski definition) is 1. The highest BCUT2D eigenvalue weighted by Crippen LogP contribution is 2.31. The molecule has 3 heteroatoms. The van der Waals surface area contributed by atoms with E-state index < -0.39 is 5.41 Å². The third-order valence-corrected chi connectivity index (χ3v) is 2.64. The van der Waals surface area contributed by atoms with Crippen molar-refractivity contribution in [3.05, 3.63) is 30.0 Å². The van der Waals surface area contributed by atoms with Gasteiger partial charge in [0, 0.05) is 10.9 Å². The van der Waals surface area contributed by atoms with Crippen LogP contribution in [0.3, 0.4) is 0 Å². The van der Waals surface area contributed by atoms with E-state index in [2.05, 4.69) is 4.98 Å². The maximum Gasteiger partial charge on any atom is 0.316 e. The summed E-state index contributed by atoms with van der Waals surface area (Å²) < 4.78 is 5.49. The molecule has 0 radical (unpaired) electrons. The lowest BCUT2D eigenvalue weighted by Gasteiger charge is -2.16. The standard InChI is InChI=1S/C14H17NO2/c1-9-12(17-13(16)14(2,3)4)10-7-5-6-8-11(10)15-9/h5-8,15H,1-4H3. The number of aryl methyl sites for hydroxylation is 1. The molecule has 0 fully saturated rings. The van der Waals surface area contributed by atoms with Gasteiger partial charge in [-0.3, -0.25) is 4.79 Å². The topological polar surface area (TPSA) is 42.1 Å². The van der Waals surface area contributed by atoms with Crippen molar-refractivity contribution in [2.45, 2.75) is 27.7 Å². The summed E-state index contributed by atoms with van der Waals surface area (Å²) in [5.41, 5.74) is 1.37. The van der Waals surface area contributed by atoms with Gasteiger partial charge in [0.15, 0.2) is 5.75 Å². The van der Waals surface area contributed by atoms with Gasteiger partial charge < -0.3 is 9.72 Å². The van der Waals surface area contributed by atoms with E-state index in [-0.39, 0.29) is 5.97 Å². The number of ether oxygens (including phenoxy) is 1. The Bertz CT molecular complexity index is 561. The van der Waals surface area contributed by atoms with Crippen LogP contribution < -0.4 is 4.74 Å². The highest BCUT2D eigenvalue weighted by Gasteiger charge is 2.25. The highest BCUT2D eigenvalue weighted by atomic mass is 16.5. The molecule has 1 aromatic heterocycles. The predicted molar refractivity (Wildman–Crippen MR) is 68.1 cm³/mol. The first-order valence-corrected chi connectivity index (χ1v) is 5.69. The van der Waals surface area contributed by atoms with Crippen molar-refractivity contribution in [1.82, 2.24) is 4.98 Å². The Morgan fingerprint density at radius 1 is 1.24 bits per heavy atom. The van der Waals surface area contributed by atoms with Crippen LogP contribution in [-0.4, -0.2) is 11.0 Å². The second-order valence-corrected chi connectivity index (χ2v) is 5.26. The molecule has 2 rings (SSSR count). The van der Waals surface area contributed by atoms with Gasteiger partial charge in [0.25, 0.3) is 0 Å². The van der Waals surface area contributed by atoms with E-state index in [9.17, 15) is 4.79 Å². The highest BCUT2D eigenvalue weighted by molar-refractivity contribution is 5.91. The van der Waals surface area contributed by atoms with Crippen LogP contribution in [-0.2, 0) is 4.79 Å². The first kappa shape index (κ1) is 11.7. The molecule has 0 saturated carbocycles. The summed E-state index contributed by atoms with van der Waals surface area (Å²) in [6, 6.07) is 7.80. The first-order chi connectivity index (χ1) is 7.89. The summed E-state index contributed by atoms with van der Waals surface area (Å²) in [5, 5.41) is 0.947. The molecule has 17 heavy (non-hydrogen) atoms. The van der Waals surface area contributed by atoms with Gasteiger partial charge in [-0.1, -0.05) is 12.1 Å². The van der Waals surface area contributed by atoms with Gasteiger partial charge in [0.1, 0.15) is 0 Å². The molecule has 1 heterocycles. The first-order valence-electron chi connectivity index (χ1n) is 5.69. The van der Waals surface area contributed by atoms with E-state index in [0.717, 1.165) is 16.6 Å². The number of rotatable bonds is 1. The number of carbonyl (C=O) groups excluding carboxylic acids is 1. The fraction of sp³-hybridized carbons (Fsp3) is 0.357. The van der Waals surface area contributed by atoms with Crippen LogP contribution in [0.5, 0.6) is 5.75 Å². The van der Waals surface area contributed by atoms with Gasteiger partial charge >= 0.3 is 5.97 Å². The van der Waals surface area contributed by atoms with Crippen molar-refractivity contribution >= 4 is 16.9 Å². The number of aromatic amines is 1. The number of esters is 1. The lowest BCUT2D eigenvalue weighted by Crippen LogP contribution is -2.25. The average Bonchev–Trinajstić information content (AvgIpc) is 2.54. The number of fused-ring (bicyclic) bond motifs is 1. The number of aromatic nitrogens is 1. The van der Waals surface area contributed by atoms with Crippen molar-refractivity contribution in [3.63, 3.8) is 0 Å². The molecular weight excluding hydrogens is 214 g/mol. The van der Waals surface area contributed by atoms with Gasteiger partial charge in [-0.2, -0.15) is 0 Å². The smallest absolute Gasteiger partial charge is 0.316 e. The minimum absolute atomic E-state index is 0.217. The lowest BCUT2D eigenvalue weighted by atomic mass is 9.97. The average molecular weight is 231 g/mol. The summed E-state index contributed by atoms with van der Waals surface area (Å²) in [4.78, 5) is 15.1. The van der Waals surface area contributed by atoms with Gasteiger partial charge in [-0.05, 0) is 39.8 Å². The molecule has 0 saturated heterocycles. The van der Waals surface area contributed by atoms with Crippen LogP contribution >= 0.6 is 0 Å².